The molecule has 130 valence electrons. The Bertz CT molecular complexity index is 841. The van der Waals surface area contributed by atoms with Crippen molar-refractivity contribution < 1.29 is 27.1 Å². The fourth-order valence-electron chi connectivity index (χ4n) is 2.22. The van der Waals surface area contributed by atoms with Gasteiger partial charge in [-0.25, -0.2) is 4.98 Å². The van der Waals surface area contributed by atoms with E-state index in [0.717, 1.165) is 11.6 Å². The van der Waals surface area contributed by atoms with Crippen LogP contribution in [0.3, 0.4) is 0 Å². The van der Waals surface area contributed by atoms with Crippen molar-refractivity contribution in [1.29, 1.82) is 0 Å². The van der Waals surface area contributed by atoms with Crippen LogP contribution < -0.4 is 9.47 Å². The van der Waals surface area contributed by atoms with Crippen LogP contribution in [0.15, 0.2) is 59.2 Å². The van der Waals surface area contributed by atoms with Gasteiger partial charge in [0.1, 0.15) is 30.1 Å². The molecule has 7 heteroatoms. The third-order valence-corrected chi connectivity index (χ3v) is 3.46. The number of nitrogens with zero attached hydrogens (tertiary/aromatic N) is 1. The third kappa shape index (κ3) is 3.93. The van der Waals surface area contributed by atoms with Crippen molar-refractivity contribution in [2.45, 2.75) is 12.8 Å². The van der Waals surface area contributed by atoms with E-state index in [1.165, 1.54) is 24.5 Å². The van der Waals surface area contributed by atoms with Crippen molar-refractivity contribution in [3.63, 3.8) is 0 Å². The molecular weight excluding hydrogens is 335 g/mol. The number of hydrogen-bond acceptors (Lipinski definition) is 4. The lowest BCUT2D eigenvalue weighted by Crippen LogP contribution is -2.08. The largest absolute Gasteiger partial charge is 0.497 e. The summed E-state index contributed by atoms with van der Waals surface area (Å²) in [4.78, 5) is 4.23. The molecule has 0 spiro atoms. The first-order valence-corrected chi connectivity index (χ1v) is 7.35. The molecule has 0 fully saturated rings. The zero-order chi connectivity index (χ0) is 17.9. The van der Waals surface area contributed by atoms with Crippen LogP contribution in [0.2, 0.25) is 0 Å². The number of aromatic nitrogens is 1. The second-order valence-corrected chi connectivity index (χ2v) is 5.16. The van der Waals surface area contributed by atoms with Gasteiger partial charge in [0.15, 0.2) is 0 Å². The predicted octanol–water partition coefficient (Wildman–Crippen LogP) is 4.95. The summed E-state index contributed by atoms with van der Waals surface area (Å²) in [5, 5.41) is 0. The second kappa shape index (κ2) is 6.88. The van der Waals surface area contributed by atoms with Crippen LogP contribution in [0, 0.1) is 0 Å². The van der Waals surface area contributed by atoms with Gasteiger partial charge in [-0.1, -0.05) is 12.1 Å². The molecule has 0 unspecified atom stereocenters. The Labute approximate surface area is 141 Å². The van der Waals surface area contributed by atoms with Crippen molar-refractivity contribution in [3.05, 3.63) is 66.1 Å². The van der Waals surface area contributed by atoms with E-state index in [1.807, 2.05) is 0 Å². The molecule has 0 saturated heterocycles. The topological polar surface area (TPSA) is 44.5 Å². The quantitative estimate of drug-likeness (QED) is 0.654. The molecule has 3 rings (SSSR count). The number of hydrogen-bond donors (Lipinski definition) is 0. The molecule has 0 aliphatic heterocycles. The van der Waals surface area contributed by atoms with E-state index in [0.29, 0.717) is 17.3 Å². The first-order valence-electron chi connectivity index (χ1n) is 7.35. The van der Waals surface area contributed by atoms with Crippen LogP contribution >= 0.6 is 0 Å². The standard InChI is InChI=1S/C18H14F3NO3/c1-23-14-8-6-12(7-9-14)17-22-13(11-25-17)10-24-16-5-3-2-4-15(16)18(19,20)21/h2-9,11H,10H2,1H3. The maximum atomic E-state index is 12.9. The molecule has 0 N–H and O–H groups in total. The Morgan fingerprint density at radius 3 is 2.44 bits per heavy atom. The smallest absolute Gasteiger partial charge is 0.419 e. The molecule has 0 atom stereocenters. The maximum absolute atomic E-state index is 12.9. The summed E-state index contributed by atoms with van der Waals surface area (Å²) < 4.78 is 54.5. The summed E-state index contributed by atoms with van der Waals surface area (Å²) in [6.07, 6.45) is -3.12. The summed E-state index contributed by atoms with van der Waals surface area (Å²) in [5.74, 6) is 0.803. The van der Waals surface area contributed by atoms with E-state index in [9.17, 15) is 13.2 Å². The Hall–Kier alpha value is -2.96. The molecule has 0 saturated carbocycles. The second-order valence-electron chi connectivity index (χ2n) is 5.16. The van der Waals surface area contributed by atoms with Gasteiger partial charge in [0.2, 0.25) is 5.89 Å². The van der Waals surface area contributed by atoms with Crippen LogP contribution in [-0.4, -0.2) is 12.1 Å². The normalized spacial score (nSPS) is 11.4. The lowest BCUT2D eigenvalue weighted by atomic mass is 10.2. The summed E-state index contributed by atoms with van der Waals surface area (Å²) >= 11 is 0. The van der Waals surface area contributed by atoms with Crippen molar-refractivity contribution in [2.24, 2.45) is 0 Å². The van der Waals surface area contributed by atoms with Crippen molar-refractivity contribution in [1.82, 2.24) is 4.98 Å². The Morgan fingerprint density at radius 1 is 1.04 bits per heavy atom. The summed E-state index contributed by atoms with van der Waals surface area (Å²) in [6.45, 7) is -0.132. The molecular formula is C18H14F3NO3. The average Bonchev–Trinajstić information content (AvgIpc) is 3.08. The first-order chi connectivity index (χ1) is 12.0. The van der Waals surface area contributed by atoms with E-state index in [-0.39, 0.29) is 12.4 Å². The number of ether oxygens (including phenoxy) is 2. The van der Waals surface area contributed by atoms with E-state index in [4.69, 9.17) is 13.9 Å². The molecule has 0 bridgehead atoms. The summed E-state index contributed by atoms with van der Waals surface area (Å²) in [7, 11) is 1.56. The average molecular weight is 349 g/mol. The zero-order valence-corrected chi connectivity index (χ0v) is 13.2. The SMILES string of the molecule is COc1ccc(-c2nc(COc3ccccc3C(F)(F)F)co2)cc1. The molecule has 25 heavy (non-hydrogen) atoms. The van der Waals surface area contributed by atoms with E-state index >= 15 is 0 Å². The molecule has 4 nitrogen and oxygen atoms in total. The van der Waals surface area contributed by atoms with Gasteiger partial charge in [-0.05, 0) is 36.4 Å². The molecule has 0 aliphatic carbocycles. The van der Waals surface area contributed by atoms with Gasteiger partial charge in [-0.3, -0.25) is 0 Å². The van der Waals surface area contributed by atoms with Gasteiger partial charge >= 0.3 is 6.18 Å². The number of rotatable bonds is 5. The van der Waals surface area contributed by atoms with Gasteiger partial charge < -0.3 is 13.9 Å². The molecule has 1 aromatic heterocycles. The van der Waals surface area contributed by atoms with Crippen LogP contribution in [0.1, 0.15) is 11.3 Å². The predicted molar refractivity (Wildman–Crippen MR) is 84.3 cm³/mol. The van der Waals surface area contributed by atoms with Crippen LogP contribution in [-0.2, 0) is 12.8 Å². The molecule has 0 aliphatic rings. The minimum absolute atomic E-state index is 0.132. The van der Waals surface area contributed by atoms with Crippen molar-refractivity contribution in [2.75, 3.05) is 7.11 Å². The molecule has 0 amide bonds. The number of alkyl halides is 3. The summed E-state index contributed by atoms with van der Waals surface area (Å²) in [5.41, 5.74) is 0.291. The Morgan fingerprint density at radius 2 is 1.76 bits per heavy atom. The number of oxazole rings is 1. The lowest BCUT2D eigenvalue weighted by Gasteiger charge is -2.12. The van der Waals surface area contributed by atoms with Crippen molar-refractivity contribution in [3.8, 4) is 23.0 Å². The molecule has 3 aromatic rings. The molecule has 2 aromatic carbocycles. The number of methoxy groups -OCH3 is 1. The fourth-order valence-corrected chi connectivity index (χ4v) is 2.22. The highest BCUT2D eigenvalue weighted by Gasteiger charge is 2.34. The monoisotopic (exact) mass is 349 g/mol. The Balaban J connectivity index is 1.72. The first kappa shape index (κ1) is 16.9. The van der Waals surface area contributed by atoms with E-state index in [1.54, 1.807) is 31.4 Å². The molecule has 1 heterocycles. The fraction of sp³-hybridized carbons (Fsp3) is 0.167. The highest BCUT2D eigenvalue weighted by Crippen LogP contribution is 2.36. The third-order valence-electron chi connectivity index (χ3n) is 3.46. The minimum atomic E-state index is -4.48. The van der Waals surface area contributed by atoms with Crippen LogP contribution in [0.4, 0.5) is 13.2 Å². The van der Waals surface area contributed by atoms with Crippen LogP contribution in [0.5, 0.6) is 11.5 Å². The lowest BCUT2D eigenvalue weighted by molar-refractivity contribution is -0.139. The van der Waals surface area contributed by atoms with Gasteiger partial charge in [-0.15, -0.1) is 0 Å². The Kier molecular flexibility index (Phi) is 4.65. The maximum Gasteiger partial charge on any atom is 0.419 e. The van der Waals surface area contributed by atoms with Gasteiger partial charge in [0.05, 0.1) is 12.7 Å². The highest BCUT2D eigenvalue weighted by atomic mass is 19.4. The van der Waals surface area contributed by atoms with E-state index < -0.39 is 11.7 Å². The van der Waals surface area contributed by atoms with Crippen molar-refractivity contribution >= 4 is 0 Å². The minimum Gasteiger partial charge on any atom is -0.497 e. The summed E-state index contributed by atoms with van der Waals surface area (Å²) in [6, 6.07) is 12.1. The van der Waals surface area contributed by atoms with Gasteiger partial charge in [0, 0.05) is 5.56 Å². The number of para-hydroxylation sites is 1. The van der Waals surface area contributed by atoms with E-state index in [2.05, 4.69) is 4.98 Å². The van der Waals surface area contributed by atoms with Crippen LogP contribution in [0.25, 0.3) is 11.5 Å². The van der Waals surface area contributed by atoms with Gasteiger partial charge in [0.25, 0.3) is 0 Å². The number of benzene rings is 2. The molecule has 0 radical (unpaired) electrons. The zero-order valence-electron chi connectivity index (χ0n) is 13.2. The highest BCUT2D eigenvalue weighted by molar-refractivity contribution is 5.54. The number of halogens is 3. The van der Waals surface area contributed by atoms with Gasteiger partial charge in [-0.2, -0.15) is 13.2 Å².